The summed E-state index contributed by atoms with van der Waals surface area (Å²) in [5, 5.41) is 12.1. The number of rotatable bonds is 3. The van der Waals surface area contributed by atoms with E-state index in [-0.39, 0.29) is 18.1 Å². The number of anilines is 1. The van der Waals surface area contributed by atoms with Crippen LogP contribution in [0.2, 0.25) is 0 Å². The van der Waals surface area contributed by atoms with E-state index in [0.717, 1.165) is 63.2 Å². The lowest BCUT2D eigenvalue weighted by Crippen LogP contribution is -2.49. The van der Waals surface area contributed by atoms with Crippen LogP contribution in [0.3, 0.4) is 0 Å². The highest BCUT2D eigenvalue weighted by atomic mass is 16.5. The number of carbonyl (C=O) groups is 1. The summed E-state index contributed by atoms with van der Waals surface area (Å²) >= 11 is 0. The summed E-state index contributed by atoms with van der Waals surface area (Å²) in [4.78, 5) is 15.0. The van der Waals surface area contributed by atoms with Crippen molar-refractivity contribution in [2.45, 2.75) is 63.5 Å². The standard InChI is InChI=1S/C23H28N4O2/c28-23(21-10-9-16-5-2-4-8-20(16)29-21)24-18-11-13-27(14-12-18)22-15-17-6-1-3-7-19(17)25-26-22/h2,4-5,8,15,18,21H,1,3,6-7,9-14H2,(H,24,28)/t21-/m0/s1. The molecule has 3 aliphatic rings. The third-order valence-electron chi connectivity index (χ3n) is 6.43. The van der Waals surface area contributed by atoms with E-state index in [1.54, 1.807) is 0 Å². The van der Waals surface area contributed by atoms with Gasteiger partial charge in [0.15, 0.2) is 11.9 Å². The third-order valence-corrected chi connectivity index (χ3v) is 6.43. The van der Waals surface area contributed by atoms with Gasteiger partial charge >= 0.3 is 0 Å². The van der Waals surface area contributed by atoms with Gasteiger partial charge in [-0.05, 0) is 74.6 Å². The van der Waals surface area contributed by atoms with Crippen LogP contribution >= 0.6 is 0 Å². The van der Waals surface area contributed by atoms with E-state index in [9.17, 15) is 4.79 Å². The molecule has 5 rings (SSSR count). The number of benzene rings is 1. The highest BCUT2D eigenvalue weighted by Gasteiger charge is 2.29. The van der Waals surface area contributed by atoms with Crippen LogP contribution < -0.4 is 15.0 Å². The van der Waals surface area contributed by atoms with E-state index >= 15 is 0 Å². The molecule has 1 fully saturated rings. The van der Waals surface area contributed by atoms with Gasteiger partial charge in [0.05, 0.1) is 5.69 Å². The average molecular weight is 393 g/mol. The molecule has 6 nitrogen and oxygen atoms in total. The molecule has 1 aromatic heterocycles. The molecule has 2 aliphatic heterocycles. The molecule has 1 N–H and O–H groups in total. The highest BCUT2D eigenvalue weighted by Crippen LogP contribution is 2.28. The maximum Gasteiger partial charge on any atom is 0.261 e. The van der Waals surface area contributed by atoms with Crippen molar-refractivity contribution in [3.8, 4) is 5.75 Å². The zero-order valence-electron chi connectivity index (χ0n) is 16.8. The van der Waals surface area contributed by atoms with Gasteiger partial charge in [-0.15, -0.1) is 5.10 Å². The largest absolute Gasteiger partial charge is 0.480 e. The van der Waals surface area contributed by atoms with Crippen LogP contribution in [0.15, 0.2) is 30.3 Å². The molecule has 0 bridgehead atoms. The minimum absolute atomic E-state index is 0.0199. The van der Waals surface area contributed by atoms with Crippen LogP contribution in [0.25, 0.3) is 0 Å². The van der Waals surface area contributed by atoms with Crippen LogP contribution in [0, 0.1) is 0 Å². The average Bonchev–Trinajstić information content (AvgIpc) is 2.79. The fraction of sp³-hybridized carbons (Fsp3) is 0.522. The summed E-state index contributed by atoms with van der Waals surface area (Å²) in [6.07, 6.45) is 7.76. The van der Waals surface area contributed by atoms with Gasteiger partial charge in [0.25, 0.3) is 5.91 Å². The normalized spacial score (nSPS) is 21.7. The van der Waals surface area contributed by atoms with Crippen molar-refractivity contribution in [2.75, 3.05) is 18.0 Å². The van der Waals surface area contributed by atoms with Crippen molar-refractivity contribution in [3.63, 3.8) is 0 Å². The first-order chi connectivity index (χ1) is 14.3. The fourth-order valence-corrected chi connectivity index (χ4v) is 4.69. The second-order valence-corrected chi connectivity index (χ2v) is 8.40. The quantitative estimate of drug-likeness (QED) is 0.870. The molecule has 152 valence electrons. The van der Waals surface area contributed by atoms with E-state index in [2.05, 4.69) is 32.5 Å². The Bertz CT molecular complexity index is 892. The Morgan fingerprint density at radius 1 is 1.00 bits per heavy atom. The Kier molecular flexibility index (Phi) is 5.08. The van der Waals surface area contributed by atoms with Gasteiger partial charge in [-0.3, -0.25) is 4.79 Å². The summed E-state index contributed by atoms with van der Waals surface area (Å²) in [5.74, 6) is 1.86. The molecule has 0 radical (unpaired) electrons. The number of amides is 1. The monoisotopic (exact) mass is 392 g/mol. The predicted molar refractivity (Wildman–Crippen MR) is 111 cm³/mol. The van der Waals surface area contributed by atoms with Crippen molar-refractivity contribution < 1.29 is 9.53 Å². The molecule has 2 aromatic rings. The van der Waals surface area contributed by atoms with Crippen LogP contribution in [-0.2, 0) is 24.1 Å². The van der Waals surface area contributed by atoms with E-state index in [0.29, 0.717) is 0 Å². The number of ether oxygens (including phenoxy) is 1. The maximum absolute atomic E-state index is 12.7. The maximum atomic E-state index is 12.7. The topological polar surface area (TPSA) is 67.4 Å². The lowest BCUT2D eigenvalue weighted by Gasteiger charge is -2.34. The molecular formula is C23H28N4O2. The minimum Gasteiger partial charge on any atom is -0.480 e. The number of nitrogens with zero attached hydrogens (tertiary/aromatic N) is 3. The van der Waals surface area contributed by atoms with Gasteiger partial charge in [-0.25, -0.2) is 0 Å². The Labute approximate surface area is 171 Å². The predicted octanol–water partition coefficient (Wildman–Crippen LogP) is 2.83. The minimum atomic E-state index is -0.380. The molecule has 0 spiro atoms. The Balaban J connectivity index is 1.15. The van der Waals surface area contributed by atoms with E-state index in [1.807, 2.05) is 18.2 Å². The highest BCUT2D eigenvalue weighted by molar-refractivity contribution is 5.81. The van der Waals surface area contributed by atoms with E-state index < -0.39 is 0 Å². The number of para-hydroxylation sites is 1. The van der Waals surface area contributed by atoms with Crippen LogP contribution in [0.1, 0.15) is 48.9 Å². The number of fused-ring (bicyclic) bond motifs is 2. The second kappa shape index (κ2) is 8.01. The number of aromatic nitrogens is 2. The van der Waals surface area contributed by atoms with E-state index in [4.69, 9.17) is 4.74 Å². The van der Waals surface area contributed by atoms with Crippen LogP contribution in [0.4, 0.5) is 5.82 Å². The second-order valence-electron chi connectivity index (χ2n) is 8.40. The van der Waals surface area contributed by atoms with Gasteiger partial charge in [-0.1, -0.05) is 18.2 Å². The van der Waals surface area contributed by atoms with Crippen molar-refractivity contribution >= 4 is 11.7 Å². The van der Waals surface area contributed by atoms with Gasteiger partial charge < -0.3 is 15.0 Å². The van der Waals surface area contributed by atoms with E-state index in [1.165, 1.54) is 29.7 Å². The molecule has 1 atom stereocenters. The van der Waals surface area contributed by atoms with Gasteiger partial charge in [0.2, 0.25) is 0 Å². The first-order valence-corrected chi connectivity index (χ1v) is 10.9. The summed E-state index contributed by atoms with van der Waals surface area (Å²) in [5.41, 5.74) is 3.73. The number of carbonyl (C=O) groups excluding carboxylic acids is 1. The Morgan fingerprint density at radius 3 is 2.72 bits per heavy atom. The Hall–Kier alpha value is -2.63. The molecule has 1 saturated heterocycles. The van der Waals surface area contributed by atoms with Crippen LogP contribution in [-0.4, -0.2) is 41.3 Å². The summed E-state index contributed by atoms with van der Waals surface area (Å²) in [7, 11) is 0. The molecule has 1 amide bonds. The van der Waals surface area contributed by atoms with Gasteiger partial charge in [0, 0.05) is 19.1 Å². The molecule has 0 saturated carbocycles. The van der Waals surface area contributed by atoms with Crippen molar-refractivity contribution in [1.82, 2.24) is 15.5 Å². The van der Waals surface area contributed by atoms with Crippen molar-refractivity contribution in [1.29, 1.82) is 0 Å². The van der Waals surface area contributed by atoms with Crippen molar-refractivity contribution in [3.05, 3.63) is 47.2 Å². The number of nitrogens with one attached hydrogen (secondary N) is 1. The molecule has 0 unspecified atom stereocenters. The first-order valence-electron chi connectivity index (χ1n) is 10.9. The molecule has 29 heavy (non-hydrogen) atoms. The third kappa shape index (κ3) is 3.93. The summed E-state index contributed by atoms with van der Waals surface area (Å²) < 4.78 is 5.94. The zero-order chi connectivity index (χ0) is 19.6. The molecule has 1 aliphatic carbocycles. The lowest BCUT2D eigenvalue weighted by molar-refractivity contribution is -0.129. The zero-order valence-corrected chi connectivity index (χ0v) is 16.8. The first kappa shape index (κ1) is 18.4. The summed E-state index contributed by atoms with van der Waals surface area (Å²) in [6, 6.07) is 10.4. The Morgan fingerprint density at radius 2 is 1.83 bits per heavy atom. The van der Waals surface area contributed by atoms with Crippen molar-refractivity contribution in [2.24, 2.45) is 0 Å². The molecule has 1 aromatic carbocycles. The smallest absolute Gasteiger partial charge is 0.261 e. The SMILES string of the molecule is O=C(NC1CCN(c2cc3c(nn2)CCCC3)CC1)[C@@H]1CCc2ccccc2O1. The molecular weight excluding hydrogens is 364 g/mol. The summed E-state index contributed by atoms with van der Waals surface area (Å²) in [6.45, 7) is 1.79. The van der Waals surface area contributed by atoms with Gasteiger partial charge in [-0.2, -0.15) is 5.10 Å². The lowest BCUT2D eigenvalue weighted by atomic mass is 9.96. The van der Waals surface area contributed by atoms with Gasteiger partial charge in [0.1, 0.15) is 5.75 Å². The number of hydrogen-bond acceptors (Lipinski definition) is 5. The molecule has 3 heterocycles. The fourth-order valence-electron chi connectivity index (χ4n) is 4.69. The number of aryl methyl sites for hydroxylation is 3. The number of hydrogen-bond donors (Lipinski definition) is 1. The van der Waals surface area contributed by atoms with Crippen LogP contribution in [0.5, 0.6) is 5.75 Å². The number of piperidine rings is 1. The molecule has 6 heteroatoms.